The third-order valence-electron chi connectivity index (χ3n) is 7.28. The molecule has 0 saturated carbocycles. The number of hydrogen-bond donors (Lipinski definition) is 2. The van der Waals surface area contributed by atoms with Crippen LogP contribution in [0.3, 0.4) is 0 Å². The number of aryl methyl sites for hydroxylation is 2. The second-order valence-electron chi connectivity index (χ2n) is 10.6. The zero-order valence-electron chi connectivity index (χ0n) is 24.0. The molecule has 0 unspecified atom stereocenters. The van der Waals surface area contributed by atoms with E-state index in [1.54, 1.807) is 43.3 Å². The highest BCUT2D eigenvalue weighted by atomic mass is 16.5. The minimum atomic E-state index is -0.380. The highest BCUT2D eigenvalue weighted by Gasteiger charge is 2.34. The first kappa shape index (κ1) is 29.1. The lowest BCUT2D eigenvalue weighted by Crippen LogP contribution is -2.49. The van der Waals surface area contributed by atoms with Gasteiger partial charge in [0.2, 0.25) is 0 Å². The summed E-state index contributed by atoms with van der Waals surface area (Å²) in [7, 11) is 5.38. The molecule has 10 nitrogen and oxygen atoms in total. The van der Waals surface area contributed by atoms with Gasteiger partial charge in [-0.2, -0.15) is 5.10 Å². The third kappa shape index (κ3) is 6.46. The lowest BCUT2D eigenvalue weighted by Gasteiger charge is -2.38. The number of methoxy groups -OCH3 is 1. The predicted molar refractivity (Wildman–Crippen MR) is 153 cm³/mol. The number of likely N-dealkylation sites (N-methyl/N-ethyl adjacent to an activating group) is 1. The topological polar surface area (TPSA) is 109 Å². The van der Waals surface area contributed by atoms with E-state index in [2.05, 4.69) is 15.3 Å². The number of carbonyl (C=O) groups excluding carboxylic acids is 2. The maximum atomic E-state index is 13.7. The lowest BCUT2D eigenvalue weighted by atomic mass is 9.98. The number of para-hydroxylation sites is 1. The van der Waals surface area contributed by atoms with Gasteiger partial charge >= 0.3 is 0 Å². The molecule has 2 aromatic carbocycles. The van der Waals surface area contributed by atoms with Crippen LogP contribution in [0.25, 0.3) is 0 Å². The van der Waals surface area contributed by atoms with Crippen LogP contribution < -0.4 is 14.8 Å². The fourth-order valence-corrected chi connectivity index (χ4v) is 4.98. The van der Waals surface area contributed by atoms with Gasteiger partial charge in [0.1, 0.15) is 17.5 Å². The lowest BCUT2D eigenvalue weighted by molar-refractivity contribution is 0.0343. The van der Waals surface area contributed by atoms with Crippen LogP contribution in [0.15, 0.2) is 48.5 Å². The predicted octanol–water partition coefficient (Wildman–Crippen LogP) is 3.34. The SMILES string of the molecule is COc1ccc(CN(C)C[C@H]2Oc3c(NC(=O)c4cc(C)nn4C)cccc3C(=O)N([C@@H](C)CO)C[C@@H]2C)cc1. The van der Waals surface area contributed by atoms with Gasteiger partial charge in [-0.05, 0) is 56.8 Å². The highest BCUT2D eigenvalue weighted by molar-refractivity contribution is 6.06. The summed E-state index contributed by atoms with van der Waals surface area (Å²) >= 11 is 0. The van der Waals surface area contributed by atoms with E-state index in [9.17, 15) is 14.7 Å². The zero-order chi connectivity index (χ0) is 29.0. The van der Waals surface area contributed by atoms with Crippen molar-refractivity contribution in [2.45, 2.75) is 39.5 Å². The molecule has 0 fully saturated rings. The summed E-state index contributed by atoms with van der Waals surface area (Å²) in [5.41, 5.74) is 3.00. The first-order valence-electron chi connectivity index (χ1n) is 13.5. The third-order valence-corrected chi connectivity index (χ3v) is 7.28. The molecule has 0 radical (unpaired) electrons. The van der Waals surface area contributed by atoms with E-state index < -0.39 is 0 Å². The smallest absolute Gasteiger partial charge is 0.274 e. The summed E-state index contributed by atoms with van der Waals surface area (Å²) in [4.78, 5) is 30.8. The Kier molecular flexibility index (Phi) is 9.11. The van der Waals surface area contributed by atoms with Crippen LogP contribution in [-0.2, 0) is 13.6 Å². The summed E-state index contributed by atoms with van der Waals surface area (Å²) in [6, 6.07) is 14.4. The first-order chi connectivity index (χ1) is 19.1. The minimum absolute atomic E-state index is 0.0621. The van der Waals surface area contributed by atoms with E-state index in [4.69, 9.17) is 9.47 Å². The minimum Gasteiger partial charge on any atom is -0.497 e. The Morgan fingerprint density at radius 1 is 1.27 bits per heavy atom. The molecular formula is C30H39N5O5. The number of hydrogen-bond acceptors (Lipinski definition) is 7. The van der Waals surface area contributed by atoms with Crippen molar-refractivity contribution >= 4 is 17.5 Å². The maximum Gasteiger partial charge on any atom is 0.274 e. The van der Waals surface area contributed by atoms with Gasteiger partial charge in [-0.25, -0.2) is 0 Å². The van der Waals surface area contributed by atoms with E-state index in [1.807, 2.05) is 52.1 Å². The molecule has 2 N–H and O–H groups in total. The van der Waals surface area contributed by atoms with Crippen molar-refractivity contribution in [2.24, 2.45) is 13.0 Å². The molecule has 214 valence electrons. The number of aliphatic hydroxyl groups excluding tert-OH is 1. The molecule has 0 bridgehead atoms. The van der Waals surface area contributed by atoms with Gasteiger partial charge in [0.15, 0.2) is 5.75 Å². The van der Waals surface area contributed by atoms with E-state index in [-0.39, 0.29) is 36.5 Å². The van der Waals surface area contributed by atoms with Crippen molar-refractivity contribution in [1.29, 1.82) is 0 Å². The summed E-state index contributed by atoms with van der Waals surface area (Å²) in [5.74, 6) is 0.466. The quantitative estimate of drug-likeness (QED) is 0.421. The Hall–Kier alpha value is -3.89. The van der Waals surface area contributed by atoms with Crippen molar-refractivity contribution in [3.63, 3.8) is 0 Å². The van der Waals surface area contributed by atoms with E-state index in [1.165, 1.54) is 4.68 Å². The van der Waals surface area contributed by atoms with Gasteiger partial charge in [0.25, 0.3) is 11.8 Å². The number of nitrogens with one attached hydrogen (secondary N) is 1. The average Bonchev–Trinajstić information content (AvgIpc) is 3.28. The molecule has 40 heavy (non-hydrogen) atoms. The molecule has 0 saturated heterocycles. The molecule has 2 amide bonds. The second-order valence-corrected chi connectivity index (χ2v) is 10.6. The van der Waals surface area contributed by atoms with E-state index in [0.29, 0.717) is 42.3 Å². The monoisotopic (exact) mass is 549 g/mol. The summed E-state index contributed by atoms with van der Waals surface area (Å²) in [6.07, 6.45) is -0.305. The van der Waals surface area contributed by atoms with Crippen molar-refractivity contribution in [3.05, 3.63) is 71.0 Å². The molecule has 3 aromatic rings. The van der Waals surface area contributed by atoms with Crippen LogP contribution in [0.4, 0.5) is 5.69 Å². The Balaban J connectivity index is 1.65. The van der Waals surface area contributed by atoms with Gasteiger partial charge in [0.05, 0.1) is 36.7 Å². The number of nitrogens with zero attached hydrogens (tertiary/aromatic N) is 4. The summed E-state index contributed by atoms with van der Waals surface area (Å²) in [5, 5.41) is 17.1. The Morgan fingerprint density at radius 3 is 2.62 bits per heavy atom. The molecule has 1 aliphatic heterocycles. The molecule has 3 atom stereocenters. The molecular weight excluding hydrogens is 510 g/mol. The molecule has 0 spiro atoms. The zero-order valence-corrected chi connectivity index (χ0v) is 24.0. The average molecular weight is 550 g/mol. The van der Waals surface area contributed by atoms with Gasteiger partial charge in [-0.1, -0.05) is 25.1 Å². The standard InChI is InChI=1S/C30H39N5O5/c1-19-15-35(21(3)18-36)30(38)24-8-7-9-25(31-29(37)26-14-20(2)32-34(26)5)28(24)40-27(19)17-33(4)16-22-10-12-23(39-6)13-11-22/h7-14,19,21,27,36H,15-18H2,1-6H3,(H,31,37)/t19-,21-,27+/m0/s1. The highest BCUT2D eigenvalue weighted by Crippen LogP contribution is 2.35. The number of anilines is 1. The molecule has 10 heteroatoms. The second kappa shape index (κ2) is 12.5. The molecule has 1 aliphatic rings. The van der Waals surface area contributed by atoms with Gasteiger partial charge in [-0.3, -0.25) is 19.2 Å². The number of aliphatic hydroxyl groups is 1. The number of amides is 2. The summed E-state index contributed by atoms with van der Waals surface area (Å²) in [6.45, 7) is 7.22. The van der Waals surface area contributed by atoms with Crippen LogP contribution in [0.1, 0.15) is 46.0 Å². The normalized spacial score (nSPS) is 18.0. The van der Waals surface area contributed by atoms with Crippen molar-refractivity contribution in [2.75, 3.05) is 39.2 Å². The van der Waals surface area contributed by atoms with Crippen LogP contribution in [0, 0.1) is 12.8 Å². The Morgan fingerprint density at radius 2 is 2.00 bits per heavy atom. The molecule has 2 heterocycles. The number of carbonyl (C=O) groups is 2. The van der Waals surface area contributed by atoms with Crippen LogP contribution >= 0.6 is 0 Å². The van der Waals surface area contributed by atoms with Crippen molar-refractivity contribution in [1.82, 2.24) is 19.6 Å². The molecule has 0 aliphatic carbocycles. The van der Waals surface area contributed by atoms with Gasteiger partial charge in [-0.15, -0.1) is 0 Å². The number of rotatable bonds is 9. The number of ether oxygens (including phenoxy) is 2. The van der Waals surface area contributed by atoms with Gasteiger partial charge in [0, 0.05) is 32.6 Å². The Labute approximate surface area is 235 Å². The van der Waals surface area contributed by atoms with Crippen molar-refractivity contribution in [3.8, 4) is 11.5 Å². The van der Waals surface area contributed by atoms with Crippen molar-refractivity contribution < 1.29 is 24.2 Å². The van der Waals surface area contributed by atoms with Crippen LogP contribution in [0.2, 0.25) is 0 Å². The fourth-order valence-electron chi connectivity index (χ4n) is 4.98. The molecule has 1 aromatic heterocycles. The van der Waals surface area contributed by atoms with E-state index >= 15 is 0 Å². The number of benzene rings is 2. The van der Waals surface area contributed by atoms with E-state index in [0.717, 1.165) is 17.0 Å². The molecule has 4 rings (SSSR count). The van der Waals surface area contributed by atoms with Gasteiger partial charge < -0.3 is 24.8 Å². The summed E-state index contributed by atoms with van der Waals surface area (Å²) < 4.78 is 13.4. The number of fused-ring (bicyclic) bond motifs is 1. The Bertz CT molecular complexity index is 1340. The first-order valence-corrected chi connectivity index (χ1v) is 13.5. The van der Waals surface area contributed by atoms with Crippen LogP contribution in [0.5, 0.6) is 11.5 Å². The van der Waals surface area contributed by atoms with Crippen LogP contribution in [-0.4, -0.2) is 82.5 Å². The fraction of sp³-hybridized carbons (Fsp3) is 0.433. The largest absolute Gasteiger partial charge is 0.497 e. The maximum absolute atomic E-state index is 13.7. The number of aromatic nitrogens is 2.